The Kier molecular flexibility index (Phi) is 4.76. The van der Waals surface area contributed by atoms with Crippen LogP contribution < -0.4 is 0 Å². The van der Waals surface area contributed by atoms with E-state index in [0.717, 1.165) is 10.4 Å². The van der Waals surface area contributed by atoms with Gasteiger partial charge in [-0.25, -0.2) is 4.68 Å². The minimum Gasteiger partial charge on any atom is -0.493 e. The summed E-state index contributed by atoms with van der Waals surface area (Å²) in [5.41, 5.74) is 1.12. The highest BCUT2D eigenvalue weighted by atomic mass is 35.5. The first-order chi connectivity index (χ1) is 12.2. The largest absolute Gasteiger partial charge is 0.493 e. The molecule has 0 aromatic carbocycles. The van der Waals surface area contributed by atoms with E-state index >= 15 is 0 Å². The molecule has 10 heteroatoms. The normalized spacial score (nSPS) is 22.8. The molecule has 26 heavy (non-hydrogen) atoms. The number of aromatic nitrogens is 2. The van der Waals surface area contributed by atoms with Crippen molar-refractivity contribution in [2.45, 2.75) is 26.4 Å². The highest BCUT2D eigenvalue weighted by Gasteiger charge is 2.37. The minimum absolute atomic E-state index is 0.0179. The van der Waals surface area contributed by atoms with Crippen molar-refractivity contribution in [2.75, 3.05) is 0 Å². The Morgan fingerprint density at radius 2 is 2.15 bits per heavy atom. The van der Waals surface area contributed by atoms with Crippen LogP contribution in [0.3, 0.4) is 0 Å². The molecule has 3 rings (SSSR count). The number of aromatic hydroxyl groups is 1. The summed E-state index contributed by atoms with van der Waals surface area (Å²) >= 11 is 6.48. The Morgan fingerprint density at radius 1 is 1.46 bits per heavy atom. The zero-order chi connectivity index (χ0) is 19.2. The fraction of sp³-hybridized carbons (Fsp3) is 0.375. The molecule has 1 aliphatic heterocycles. The van der Waals surface area contributed by atoms with Crippen molar-refractivity contribution in [1.82, 2.24) is 9.78 Å². The van der Waals surface area contributed by atoms with Crippen molar-refractivity contribution in [3.8, 4) is 5.88 Å². The van der Waals surface area contributed by atoms with Gasteiger partial charge in [0.05, 0.1) is 21.8 Å². The zero-order valence-electron chi connectivity index (χ0n) is 14.2. The van der Waals surface area contributed by atoms with Crippen LogP contribution in [0.25, 0.3) is 0 Å². The lowest BCUT2D eigenvalue weighted by Crippen LogP contribution is -2.28. The van der Waals surface area contributed by atoms with Crippen LogP contribution >= 0.6 is 11.6 Å². The first-order valence-electron chi connectivity index (χ1n) is 7.75. The standard InChI is InChI=1S/C16H16ClN3O5S/c1-7-4-11(25-19-7)13-8(2)12(26(23)24)5-9(14(13)17)15(21)10-6-18-20(3)16(10)22/h5-6,8,11,22H,4H2,1-3H3. The van der Waals surface area contributed by atoms with E-state index in [0.29, 0.717) is 12.0 Å². The van der Waals surface area contributed by atoms with E-state index in [2.05, 4.69) is 10.3 Å². The molecule has 0 saturated heterocycles. The minimum atomic E-state index is -2.55. The van der Waals surface area contributed by atoms with E-state index in [-0.39, 0.29) is 26.9 Å². The topological polar surface area (TPSA) is 111 Å². The lowest BCUT2D eigenvalue weighted by molar-refractivity contribution is 0.102. The Balaban J connectivity index is 2.14. The second kappa shape index (κ2) is 6.73. The highest BCUT2D eigenvalue weighted by Crippen LogP contribution is 2.38. The van der Waals surface area contributed by atoms with Gasteiger partial charge in [0.15, 0.2) is 6.10 Å². The number of Topliss-reactive ketones (excluding diaryl/α,β-unsaturated/α-hetero) is 1. The van der Waals surface area contributed by atoms with Crippen molar-refractivity contribution in [1.29, 1.82) is 0 Å². The number of hydrogen-bond acceptors (Lipinski definition) is 7. The van der Waals surface area contributed by atoms with Crippen molar-refractivity contribution in [3.63, 3.8) is 0 Å². The SMILES string of the molecule is CC1=NOC(C2=C(Cl)C(C(=O)c3cnn(C)c3O)=CC(=S(=O)=O)C2C)C1. The van der Waals surface area contributed by atoms with Crippen molar-refractivity contribution in [2.24, 2.45) is 18.1 Å². The van der Waals surface area contributed by atoms with Crippen molar-refractivity contribution in [3.05, 3.63) is 34.0 Å². The molecule has 0 spiro atoms. The lowest BCUT2D eigenvalue weighted by Gasteiger charge is -2.26. The van der Waals surface area contributed by atoms with Gasteiger partial charge in [-0.15, -0.1) is 0 Å². The third-order valence-electron chi connectivity index (χ3n) is 4.42. The molecule has 2 aliphatic rings. The molecule has 0 radical (unpaired) electrons. The van der Waals surface area contributed by atoms with Gasteiger partial charge in [0, 0.05) is 30.5 Å². The molecule has 0 saturated carbocycles. The molecular weight excluding hydrogens is 382 g/mol. The predicted molar refractivity (Wildman–Crippen MR) is 95.9 cm³/mol. The van der Waals surface area contributed by atoms with Crippen molar-refractivity contribution >= 4 is 38.3 Å². The molecule has 0 amide bonds. The summed E-state index contributed by atoms with van der Waals surface area (Å²) in [5.74, 6) is -1.52. The van der Waals surface area contributed by atoms with E-state index in [1.54, 1.807) is 13.8 Å². The van der Waals surface area contributed by atoms with E-state index in [9.17, 15) is 18.3 Å². The molecule has 1 aliphatic carbocycles. The summed E-state index contributed by atoms with van der Waals surface area (Å²) in [6.45, 7) is 3.47. The Bertz CT molecular complexity index is 1020. The summed E-state index contributed by atoms with van der Waals surface area (Å²) < 4.78 is 24.5. The number of ketones is 1. The van der Waals surface area contributed by atoms with Crippen LogP contribution in [-0.2, 0) is 22.2 Å². The maximum absolute atomic E-state index is 12.9. The molecule has 2 heterocycles. The number of rotatable bonds is 3. The van der Waals surface area contributed by atoms with Crippen molar-refractivity contribution < 1.29 is 23.2 Å². The molecule has 1 aromatic heterocycles. The van der Waals surface area contributed by atoms with Gasteiger partial charge in [-0.1, -0.05) is 23.7 Å². The second-order valence-electron chi connectivity index (χ2n) is 6.15. The molecule has 2 unspecified atom stereocenters. The summed E-state index contributed by atoms with van der Waals surface area (Å²) in [4.78, 5) is 18.2. The third-order valence-corrected chi connectivity index (χ3v) is 5.70. The fourth-order valence-electron chi connectivity index (χ4n) is 3.01. The van der Waals surface area contributed by atoms with E-state index in [1.165, 1.54) is 19.3 Å². The van der Waals surface area contributed by atoms with Crippen LogP contribution in [-0.4, -0.2) is 45.8 Å². The number of oxime groups is 1. The average Bonchev–Trinajstić information content (AvgIpc) is 3.13. The van der Waals surface area contributed by atoms with E-state index in [4.69, 9.17) is 16.4 Å². The number of carbonyl (C=O) groups excluding carboxylic acids is 1. The Morgan fingerprint density at radius 3 is 2.65 bits per heavy atom. The summed E-state index contributed by atoms with van der Waals surface area (Å²) in [6.07, 6.45) is 2.34. The van der Waals surface area contributed by atoms with Gasteiger partial charge in [0.2, 0.25) is 22.0 Å². The molecule has 0 bridgehead atoms. The number of allylic oxidation sites excluding steroid dienone is 3. The number of nitrogens with zero attached hydrogens (tertiary/aromatic N) is 3. The van der Waals surface area contributed by atoms with Crippen LogP contribution in [0.15, 0.2) is 33.6 Å². The molecule has 8 nitrogen and oxygen atoms in total. The highest BCUT2D eigenvalue weighted by molar-refractivity contribution is 7.73. The lowest BCUT2D eigenvalue weighted by atomic mass is 9.83. The fourth-order valence-corrected chi connectivity index (χ4v) is 4.06. The predicted octanol–water partition coefficient (Wildman–Crippen LogP) is 1.59. The van der Waals surface area contributed by atoms with Gasteiger partial charge >= 0.3 is 0 Å². The van der Waals surface area contributed by atoms with E-state index in [1.807, 2.05) is 0 Å². The van der Waals surface area contributed by atoms with Gasteiger partial charge in [0.1, 0.15) is 5.56 Å². The Labute approximate surface area is 155 Å². The van der Waals surface area contributed by atoms with Crippen LogP contribution in [0, 0.1) is 5.92 Å². The molecule has 2 atom stereocenters. The van der Waals surface area contributed by atoms with Gasteiger partial charge < -0.3 is 9.94 Å². The van der Waals surface area contributed by atoms with Gasteiger partial charge in [0.25, 0.3) is 0 Å². The molecular formula is C16H16ClN3O5S. The smallest absolute Gasteiger partial charge is 0.220 e. The third kappa shape index (κ3) is 2.97. The first kappa shape index (κ1) is 18.4. The van der Waals surface area contributed by atoms with Crippen LogP contribution in [0.2, 0.25) is 0 Å². The Hall–Kier alpha value is -2.39. The maximum Gasteiger partial charge on any atom is 0.220 e. The van der Waals surface area contributed by atoms with Gasteiger partial charge in [-0.05, 0) is 13.0 Å². The zero-order valence-corrected chi connectivity index (χ0v) is 15.8. The van der Waals surface area contributed by atoms with Gasteiger partial charge in [-0.2, -0.15) is 13.5 Å². The summed E-state index contributed by atoms with van der Waals surface area (Å²) in [6, 6.07) is 0. The van der Waals surface area contributed by atoms with Crippen LogP contribution in [0.4, 0.5) is 0 Å². The number of aryl methyl sites for hydroxylation is 1. The quantitative estimate of drug-likeness (QED) is 0.612. The van der Waals surface area contributed by atoms with Crippen LogP contribution in [0.1, 0.15) is 30.6 Å². The molecule has 0 fully saturated rings. The van der Waals surface area contributed by atoms with Crippen LogP contribution in [0.5, 0.6) is 5.88 Å². The molecule has 138 valence electrons. The average molecular weight is 398 g/mol. The summed E-state index contributed by atoms with van der Waals surface area (Å²) in [7, 11) is -1.08. The molecule has 1 N–H and O–H groups in total. The second-order valence-corrected chi connectivity index (χ2v) is 7.46. The monoisotopic (exact) mass is 397 g/mol. The number of carbonyl (C=O) groups is 1. The molecule has 1 aromatic rings. The number of hydrogen-bond donors (Lipinski definition) is 1. The first-order valence-corrected chi connectivity index (χ1v) is 9.20. The number of halogens is 1. The van der Waals surface area contributed by atoms with E-state index < -0.39 is 28.1 Å². The maximum atomic E-state index is 12.9. The van der Waals surface area contributed by atoms with Gasteiger partial charge in [-0.3, -0.25) is 4.79 Å². The summed E-state index contributed by atoms with van der Waals surface area (Å²) in [5, 5.41) is 17.8.